The fourth-order valence-corrected chi connectivity index (χ4v) is 6.89. The summed E-state index contributed by atoms with van der Waals surface area (Å²) in [4.78, 5) is 37.0. The van der Waals surface area contributed by atoms with Crippen molar-refractivity contribution in [2.45, 2.75) is 200 Å². The number of hydrogen-bond acceptors (Lipinski definition) is 8. The number of likely N-dealkylation sites (N-methyl/N-ethyl adjacent to an activating group) is 1. The van der Waals surface area contributed by atoms with Crippen LogP contribution < -0.4 is 5.11 Å². The molecule has 0 rings (SSSR count). The van der Waals surface area contributed by atoms with Crippen LogP contribution in [0.3, 0.4) is 0 Å². The Morgan fingerprint density at radius 2 is 0.792 bits per heavy atom. The van der Waals surface area contributed by atoms with E-state index in [1.807, 2.05) is 21.1 Å². The first-order valence-electron chi connectivity index (χ1n) is 27.8. The molecule has 0 aromatic rings. The van der Waals surface area contributed by atoms with Gasteiger partial charge in [0.15, 0.2) is 12.4 Å². The van der Waals surface area contributed by atoms with Crippen molar-refractivity contribution in [2.24, 2.45) is 0 Å². The topological polar surface area (TPSA) is 111 Å². The zero-order chi connectivity index (χ0) is 52.7. The van der Waals surface area contributed by atoms with E-state index in [2.05, 4.69) is 148 Å². The lowest BCUT2D eigenvalue weighted by atomic mass is 10.1. The van der Waals surface area contributed by atoms with Crippen molar-refractivity contribution in [2.75, 3.05) is 47.5 Å². The van der Waals surface area contributed by atoms with E-state index < -0.39 is 24.3 Å². The first-order chi connectivity index (χ1) is 35.1. The summed E-state index contributed by atoms with van der Waals surface area (Å²) < 4.78 is 22.5. The van der Waals surface area contributed by atoms with Crippen LogP contribution in [0.5, 0.6) is 0 Å². The van der Waals surface area contributed by atoms with Crippen LogP contribution in [0.1, 0.15) is 187 Å². The van der Waals surface area contributed by atoms with Gasteiger partial charge in [0, 0.05) is 12.8 Å². The molecular formula is C63H101NO8. The Morgan fingerprint density at radius 1 is 0.431 bits per heavy atom. The highest BCUT2D eigenvalue weighted by molar-refractivity contribution is 5.70. The number of carboxylic acids is 1. The Morgan fingerprint density at radius 3 is 1.18 bits per heavy atom. The predicted octanol–water partition coefficient (Wildman–Crippen LogP) is 14.9. The fourth-order valence-electron chi connectivity index (χ4n) is 6.89. The predicted molar refractivity (Wildman–Crippen MR) is 301 cm³/mol. The Balaban J connectivity index is 4.17. The maximum atomic E-state index is 12.8. The molecule has 0 bridgehead atoms. The quantitative estimate of drug-likeness (QED) is 0.0195. The first-order valence-corrected chi connectivity index (χ1v) is 27.8. The first kappa shape index (κ1) is 67.4. The van der Waals surface area contributed by atoms with Crippen LogP contribution in [0, 0.1) is 0 Å². The van der Waals surface area contributed by atoms with E-state index in [9.17, 15) is 19.5 Å². The highest BCUT2D eigenvalue weighted by Crippen LogP contribution is 2.13. The molecule has 72 heavy (non-hydrogen) atoms. The minimum atomic E-state index is -1.63. The van der Waals surface area contributed by atoms with E-state index in [-0.39, 0.29) is 38.6 Å². The number of nitrogens with zero attached hydrogens (tertiary/aromatic N) is 1. The van der Waals surface area contributed by atoms with Gasteiger partial charge in [0.2, 0.25) is 0 Å². The van der Waals surface area contributed by atoms with Crippen molar-refractivity contribution < 1.29 is 42.9 Å². The molecule has 2 atom stereocenters. The smallest absolute Gasteiger partial charge is 0.306 e. The van der Waals surface area contributed by atoms with Gasteiger partial charge in [-0.1, -0.05) is 212 Å². The number of quaternary nitrogens is 1. The molecule has 0 N–H and O–H groups in total. The number of unbranched alkanes of at least 4 members (excludes halogenated alkanes) is 12. The van der Waals surface area contributed by atoms with E-state index >= 15 is 0 Å². The standard InChI is InChI=1S/C63H101NO8/c1-6-8-10-12-14-16-17-18-19-20-21-22-23-24-25-26-27-28-29-30-31-32-33-34-35-36-37-38-39-40-41-42-43-44-45-46-48-50-52-54-61(66)72-59(58-71-63(62(67)68)69-56-55-64(3,4)5)57-70-60(65)53-51-49-47-15-13-11-9-7-2/h8,10,14,16,18-19,21-22,24-25,27-28,30-31,33-34,36-37,39-40,42-43,59,63H,6-7,9,11-13,15,17,20,23,26,29,32,35,38,41,44-58H2,1-5H3/b10-8-,16-14-,19-18-,22-21-,25-24-,28-27-,31-30-,34-33-,37-36-,40-39-,43-42-. The van der Waals surface area contributed by atoms with Gasteiger partial charge in [0.05, 0.1) is 40.3 Å². The summed E-state index contributed by atoms with van der Waals surface area (Å²) in [5.74, 6) is -2.33. The molecule has 0 radical (unpaired) electrons. The molecular weight excluding hydrogens is 899 g/mol. The Kier molecular flexibility index (Phi) is 49.4. The number of esters is 2. The maximum absolute atomic E-state index is 12.8. The van der Waals surface area contributed by atoms with Gasteiger partial charge < -0.3 is 33.3 Å². The van der Waals surface area contributed by atoms with Crippen LogP contribution in [0.15, 0.2) is 134 Å². The van der Waals surface area contributed by atoms with Gasteiger partial charge in [-0.25, -0.2) is 0 Å². The molecule has 0 aliphatic heterocycles. The highest BCUT2D eigenvalue weighted by Gasteiger charge is 2.22. The molecule has 9 heteroatoms. The van der Waals surface area contributed by atoms with Gasteiger partial charge in [0.1, 0.15) is 13.2 Å². The number of carbonyl (C=O) groups is 3. The Bertz CT molecular complexity index is 1640. The lowest BCUT2D eigenvalue weighted by Crippen LogP contribution is -2.44. The third-order valence-electron chi connectivity index (χ3n) is 11.2. The molecule has 406 valence electrons. The summed E-state index contributed by atoms with van der Waals surface area (Å²) >= 11 is 0. The molecule has 0 spiro atoms. The van der Waals surface area contributed by atoms with Crippen LogP contribution in [0.2, 0.25) is 0 Å². The summed E-state index contributed by atoms with van der Waals surface area (Å²) in [6, 6.07) is 0. The Hall–Kier alpha value is -4.57. The zero-order valence-electron chi connectivity index (χ0n) is 46.0. The minimum absolute atomic E-state index is 0.138. The zero-order valence-corrected chi connectivity index (χ0v) is 46.0. The van der Waals surface area contributed by atoms with Gasteiger partial charge in [0.25, 0.3) is 0 Å². The molecule has 0 aromatic carbocycles. The average molecular weight is 1000 g/mol. The Labute approximate surface area is 439 Å². The van der Waals surface area contributed by atoms with Crippen molar-refractivity contribution >= 4 is 17.9 Å². The number of rotatable bonds is 49. The summed E-state index contributed by atoms with van der Waals surface area (Å²) in [5, 5.41) is 11.7. The van der Waals surface area contributed by atoms with Gasteiger partial charge in [-0.05, 0) is 96.3 Å². The summed E-state index contributed by atoms with van der Waals surface area (Å²) in [6.45, 7) is 4.54. The molecule has 9 nitrogen and oxygen atoms in total. The van der Waals surface area contributed by atoms with Crippen molar-refractivity contribution in [3.63, 3.8) is 0 Å². The van der Waals surface area contributed by atoms with Gasteiger partial charge in [-0.3, -0.25) is 9.59 Å². The largest absolute Gasteiger partial charge is 0.545 e. The SMILES string of the molecule is CC/C=C\C/C=C\C/C=C\C/C=C\C/C=C\C/C=C\C/C=C\C/C=C\C/C=C\C/C=C\C/C=C\CCCCCCCC(=O)OC(COC(=O)CCCCCCCCCC)COC(OCC[N+](C)(C)C)C(=O)[O-]. The lowest BCUT2D eigenvalue weighted by molar-refractivity contribution is -0.870. The van der Waals surface area contributed by atoms with Crippen LogP contribution in [-0.4, -0.2) is 82.3 Å². The van der Waals surface area contributed by atoms with Crippen molar-refractivity contribution in [1.29, 1.82) is 0 Å². The summed E-state index contributed by atoms with van der Waals surface area (Å²) in [5.41, 5.74) is 0. The normalized spacial score (nSPS) is 13.8. The van der Waals surface area contributed by atoms with E-state index in [0.717, 1.165) is 122 Å². The van der Waals surface area contributed by atoms with Gasteiger partial charge >= 0.3 is 11.9 Å². The number of allylic oxidation sites excluding steroid dienone is 22. The van der Waals surface area contributed by atoms with Crippen LogP contribution in [0.4, 0.5) is 0 Å². The third-order valence-corrected chi connectivity index (χ3v) is 11.2. The minimum Gasteiger partial charge on any atom is -0.545 e. The lowest BCUT2D eigenvalue weighted by Gasteiger charge is -2.26. The second-order valence-electron chi connectivity index (χ2n) is 19.1. The van der Waals surface area contributed by atoms with Crippen LogP contribution in [0.25, 0.3) is 0 Å². The molecule has 0 aliphatic carbocycles. The maximum Gasteiger partial charge on any atom is 0.306 e. The van der Waals surface area contributed by atoms with E-state index in [0.29, 0.717) is 17.4 Å². The molecule has 0 saturated carbocycles. The molecule has 2 unspecified atom stereocenters. The van der Waals surface area contributed by atoms with Crippen LogP contribution >= 0.6 is 0 Å². The molecule has 0 fully saturated rings. The van der Waals surface area contributed by atoms with Gasteiger partial charge in [-0.2, -0.15) is 0 Å². The molecule has 0 heterocycles. The summed E-state index contributed by atoms with van der Waals surface area (Å²) in [7, 11) is 5.89. The van der Waals surface area contributed by atoms with Gasteiger partial charge in [-0.15, -0.1) is 0 Å². The van der Waals surface area contributed by atoms with Crippen molar-refractivity contribution in [3.05, 3.63) is 134 Å². The molecule has 0 amide bonds. The molecule has 0 aromatic heterocycles. The highest BCUT2D eigenvalue weighted by atomic mass is 16.7. The number of carboxylic acid groups (broad SMARTS) is 1. The number of hydrogen-bond donors (Lipinski definition) is 0. The summed E-state index contributed by atoms with van der Waals surface area (Å²) in [6.07, 6.45) is 72.4. The number of aliphatic carboxylic acids is 1. The molecule has 0 aliphatic rings. The second-order valence-corrected chi connectivity index (χ2v) is 19.1. The van der Waals surface area contributed by atoms with Crippen LogP contribution in [-0.2, 0) is 33.3 Å². The second kappa shape index (κ2) is 52.7. The van der Waals surface area contributed by atoms with E-state index in [4.69, 9.17) is 18.9 Å². The monoisotopic (exact) mass is 1000 g/mol. The van der Waals surface area contributed by atoms with Crippen molar-refractivity contribution in [1.82, 2.24) is 0 Å². The van der Waals surface area contributed by atoms with E-state index in [1.54, 1.807) is 0 Å². The number of ether oxygens (including phenoxy) is 4. The number of carbonyl (C=O) groups excluding carboxylic acids is 3. The van der Waals surface area contributed by atoms with E-state index in [1.165, 1.54) is 32.1 Å². The molecule has 0 saturated heterocycles. The fraction of sp³-hybridized carbons (Fsp3) is 0.603. The van der Waals surface area contributed by atoms with Crippen molar-refractivity contribution in [3.8, 4) is 0 Å². The third kappa shape index (κ3) is 53.2. The average Bonchev–Trinajstić information content (AvgIpc) is 3.35.